The highest BCUT2D eigenvalue weighted by Crippen LogP contribution is 2.20. The van der Waals surface area contributed by atoms with E-state index in [1.165, 1.54) is 0 Å². The third-order valence-electron chi connectivity index (χ3n) is 5.01. The van der Waals surface area contributed by atoms with Gasteiger partial charge >= 0.3 is 5.97 Å². The summed E-state index contributed by atoms with van der Waals surface area (Å²) in [6.45, 7) is 2.93. The number of fused-ring (bicyclic) bond motifs is 1. The lowest BCUT2D eigenvalue weighted by molar-refractivity contribution is -0.151. The van der Waals surface area contributed by atoms with Gasteiger partial charge in [0.05, 0.1) is 12.5 Å². The molecule has 7 nitrogen and oxygen atoms in total. The lowest BCUT2D eigenvalue weighted by atomic mass is 9.98. The molecule has 1 aliphatic rings. The van der Waals surface area contributed by atoms with Crippen molar-refractivity contribution in [3.63, 3.8) is 0 Å². The van der Waals surface area contributed by atoms with Crippen LogP contribution in [-0.2, 0) is 25.5 Å². The Balaban J connectivity index is 1.53. The van der Waals surface area contributed by atoms with E-state index in [9.17, 15) is 19.2 Å². The van der Waals surface area contributed by atoms with E-state index in [4.69, 9.17) is 4.74 Å². The summed E-state index contributed by atoms with van der Waals surface area (Å²) >= 11 is 0. The Morgan fingerprint density at radius 2 is 1.80 bits per heavy atom. The van der Waals surface area contributed by atoms with Crippen LogP contribution < -0.4 is 5.32 Å². The van der Waals surface area contributed by atoms with Crippen LogP contribution in [0.5, 0.6) is 0 Å². The van der Waals surface area contributed by atoms with E-state index < -0.39 is 36.8 Å². The zero-order chi connectivity index (χ0) is 21.7. The smallest absolute Gasteiger partial charge is 0.326 e. The maximum absolute atomic E-state index is 12.5. The number of rotatable bonds is 7. The zero-order valence-corrected chi connectivity index (χ0v) is 17.0. The van der Waals surface area contributed by atoms with Crippen molar-refractivity contribution in [1.82, 2.24) is 10.2 Å². The van der Waals surface area contributed by atoms with Crippen molar-refractivity contribution in [1.29, 1.82) is 0 Å². The van der Waals surface area contributed by atoms with Crippen molar-refractivity contribution in [2.75, 3.05) is 13.2 Å². The first kappa shape index (κ1) is 21.2. The molecule has 0 aromatic heterocycles. The van der Waals surface area contributed by atoms with Crippen molar-refractivity contribution >= 4 is 23.7 Å². The van der Waals surface area contributed by atoms with Crippen LogP contribution in [0.2, 0.25) is 0 Å². The summed E-state index contributed by atoms with van der Waals surface area (Å²) in [5.41, 5.74) is 3.12. The van der Waals surface area contributed by atoms with E-state index in [1.807, 2.05) is 38.1 Å². The van der Waals surface area contributed by atoms with Gasteiger partial charge in [-0.25, -0.2) is 0 Å². The van der Waals surface area contributed by atoms with Gasteiger partial charge in [-0.05, 0) is 30.5 Å². The van der Waals surface area contributed by atoms with Crippen molar-refractivity contribution in [3.05, 3.63) is 70.8 Å². The van der Waals surface area contributed by atoms with Crippen LogP contribution >= 0.6 is 0 Å². The van der Waals surface area contributed by atoms with Gasteiger partial charge in [0.25, 0.3) is 11.8 Å². The van der Waals surface area contributed by atoms with Crippen LogP contribution in [0.4, 0.5) is 0 Å². The Labute approximate surface area is 175 Å². The first-order valence-electron chi connectivity index (χ1n) is 9.83. The molecule has 0 unspecified atom stereocenters. The fourth-order valence-electron chi connectivity index (χ4n) is 3.34. The van der Waals surface area contributed by atoms with Gasteiger partial charge in [-0.1, -0.05) is 55.0 Å². The quantitative estimate of drug-likeness (QED) is 0.561. The molecule has 30 heavy (non-hydrogen) atoms. The molecule has 1 heterocycles. The highest BCUT2D eigenvalue weighted by molar-refractivity contribution is 6.11. The van der Waals surface area contributed by atoms with Gasteiger partial charge in [-0.3, -0.25) is 24.1 Å². The second-order valence-corrected chi connectivity index (χ2v) is 7.22. The first-order chi connectivity index (χ1) is 14.4. The molecule has 0 radical (unpaired) electrons. The number of hydrogen-bond acceptors (Lipinski definition) is 5. The van der Waals surface area contributed by atoms with Crippen LogP contribution in [-0.4, -0.2) is 41.7 Å². The molecule has 0 saturated carbocycles. The Morgan fingerprint density at radius 3 is 2.50 bits per heavy atom. The molecule has 0 saturated heterocycles. The van der Waals surface area contributed by atoms with Crippen LogP contribution in [0.25, 0.3) is 0 Å². The van der Waals surface area contributed by atoms with E-state index in [-0.39, 0.29) is 12.5 Å². The summed E-state index contributed by atoms with van der Waals surface area (Å²) in [5, 5.41) is 2.83. The van der Waals surface area contributed by atoms with Crippen LogP contribution in [0.1, 0.15) is 46.4 Å². The zero-order valence-electron chi connectivity index (χ0n) is 17.0. The molecule has 3 amide bonds. The van der Waals surface area contributed by atoms with E-state index in [0.29, 0.717) is 17.5 Å². The molecule has 1 N–H and O–H groups in total. The number of nitrogens with one attached hydrogen (secondary N) is 1. The lowest BCUT2D eigenvalue weighted by Gasteiger charge is -2.25. The number of carbonyl (C=O) groups is 4. The Bertz CT molecular complexity index is 968. The molecule has 156 valence electrons. The topological polar surface area (TPSA) is 92.8 Å². The summed E-state index contributed by atoms with van der Waals surface area (Å²) in [6.07, 6.45) is 0.726. The van der Waals surface area contributed by atoms with Crippen molar-refractivity contribution < 1.29 is 23.9 Å². The van der Waals surface area contributed by atoms with Crippen LogP contribution in [0.3, 0.4) is 0 Å². The minimum absolute atomic E-state index is 0.0460. The van der Waals surface area contributed by atoms with Gasteiger partial charge in [-0.2, -0.15) is 0 Å². The Morgan fingerprint density at radius 1 is 1.10 bits per heavy atom. The van der Waals surface area contributed by atoms with Gasteiger partial charge < -0.3 is 10.1 Å². The SMILES string of the molecule is CC[C@H](NC(=O)COC(=O)CN1C(=O)Cc2ccccc2C1=O)c1ccc(C)cc1. The average Bonchev–Trinajstić information content (AvgIpc) is 2.74. The monoisotopic (exact) mass is 408 g/mol. The molecule has 3 rings (SSSR count). The number of ether oxygens (including phenoxy) is 1. The maximum atomic E-state index is 12.5. The molecule has 1 atom stereocenters. The molecule has 0 spiro atoms. The maximum Gasteiger partial charge on any atom is 0.326 e. The third kappa shape index (κ3) is 4.92. The average molecular weight is 408 g/mol. The molecule has 7 heteroatoms. The van der Waals surface area contributed by atoms with E-state index in [1.54, 1.807) is 24.3 Å². The molecule has 1 aliphatic heterocycles. The summed E-state index contributed by atoms with van der Waals surface area (Å²) in [6, 6.07) is 14.4. The highest BCUT2D eigenvalue weighted by Gasteiger charge is 2.32. The fraction of sp³-hybridized carbons (Fsp3) is 0.304. The Kier molecular flexibility index (Phi) is 6.61. The summed E-state index contributed by atoms with van der Waals surface area (Å²) in [7, 11) is 0. The number of esters is 1. The standard InChI is InChI=1S/C23H24N2O5/c1-3-19(16-10-8-15(2)9-11-16)24-20(26)14-30-22(28)13-25-21(27)12-17-6-4-5-7-18(17)23(25)29/h4-11,19H,3,12-14H2,1-2H3,(H,24,26)/t19-/m0/s1. The minimum Gasteiger partial charge on any atom is -0.454 e. The number of benzene rings is 2. The van der Waals surface area contributed by atoms with E-state index in [2.05, 4.69) is 5.32 Å². The molecule has 0 aliphatic carbocycles. The van der Waals surface area contributed by atoms with Crippen molar-refractivity contribution in [2.45, 2.75) is 32.7 Å². The fourth-order valence-corrected chi connectivity index (χ4v) is 3.34. The summed E-state index contributed by atoms with van der Waals surface area (Å²) in [5.74, 6) is -2.26. The minimum atomic E-state index is -0.811. The molecule has 0 fully saturated rings. The first-order valence-corrected chi connectivity index (χ1v) is 9.83. The molecule has 0 bridgehead atoms. The lowest BCUT2D eigenvalue weighted by Crippen LogP contribution is -2.45. The van der Waals surface area contributed by atoms with Gasteiger partial charge in [0, 0.05) is 5.56 Å². The largest absolute Gasteiger partial charge is 0.454 e. The number of nitrogens with zero attached hydrogens (tertiary/aromatic N) is 1. The van der Waals surface area contributed by atoms with Crippen molar-refractivity contribution in [3.8, 4) is 0 Å². The normalized spacial score (nSPS) is 14.1. The van der Waals surface area contributed by atoms with Crippen LogP contribution in [0.15, 0.2) is 48.5 Å². The predicted octanol–water partition coefficient (Wildman–Crippen LogP) is 2.33. The van der Waals surface area contributed by atoms with E-state index in [0.717, 1.165) is 16.0 Å². The second-order valence-electron chi connectivity index (χ2n) is 7.22. The summed E-state index contributed by atoms with van der Waals surface area (Å²) in [4.78, 5) is 49.9. The van der Waals surface area contributed by atoms with Gasteiger partial charge in [-0.15, -0.1) is 0 Å². The van der Waals surface area contributed by atoms with Gasteiger partial charge in [0.2, 0.25) is 5.91 Å². The highest BCUT2D eigenvalue weighted by atomic mass is 16.5. The number of hydrogen-bond donors (Lipinski definition) is 1. The molecule has 2 aromatic carbocycles. The van der Waals surface area contributed by atoms with Crippen LogP contribution in [0, 0.1) is 6.92 Å². The number of aryl methyl sites for hydroxylation is 1. The molecular weight excluding hydrogens is 384 g/mol. The van der Waals surface area contributed by atoms with E-state index >= 15 is 0 Å². The van der Waals surface area contributed by atoms with Crippen molar-refractivity contribution in [2.24, 2.45) is 0 Å². The molecular formula is C23H24N2O5. The number of imide groups is 1. The number of amides is 3. The summed E-state index contributed by atoms with van der Waals surface area (Å²) < 4.78 is 4.99. The van der Waals surface area contributed by atoms with Gasteiger partial charge in [0.15, 0.2) is 6.61 Å². The predicted molar refractivity (Wildman–Crippen MR) is 110 cm³/mol. The Hall–Kier alpha value is -3.48. The van der Waals surface area contributed by atoms with Gasteiger partial charge in [0.1, 0.15) is 6.54 Å². The third-order valence-corrected chi connectivity index (χ3v) is 5.01. The number of carbonyl (C=O) groups excluding carboxylic acids is 4. The molecule has 2 aromatic rings. The second kappa shape index (κ2) is 9.35.